The van der Waals surface area contributed by atoms with Gasteiger partial charge in [-0.15, -0.1) is 0 Å². The summed E-state index contributed by atoms with van der Waals surface area (Å²) in [5.41, 5.74) is 4.94. The molecule has 14 nitrogen and oxygen atoms in total. The normalized spacial score (nSPS) is 17.2. The SMILES string of the molecule is C.O=P(Cl)(Cl)Cl.[C-]#[N+]c1ccc(C2(O)CCCN(C(=O)OC(C)(C)C)CC2)cc1.[C-]#[N+]c1ccc(C2=CCCN(C(=O)OC(C)(C)C)CC2)cc1.[C-]#[N+]c1ccc(C2=CCN(C(=O)OC(C)(C)C)CCC2)cc1. The molecule has 18 heteroatoms. The van der Waals surface area contributed by atoms with E-state index >= 15 is 0 Å². The topological polar surface area (TPSA) is 139 Å². The second-order valence-corrected chi connectivity index (χ2v) is 26.9. The van der Waals surface area contributed by atoms with Crippen molar-refractivity contribution in [3.05, 3.63) is 136 Å². The van der Waals surface area contributed by atoms with E-state index in [0.717, 1.165) is 42.4 Å². The third-order valence-corrected chi connectivity index (χ3v) is 10.9. The first-order valence-corrected chi connectivity index (χ1v) is 28.1. The molecule has 73 heavy (non-hydrogen) atoms. The molecule has 0 aliphatic carbocycles. The molecule has 396 valence electrons. The third kappa shape index (κ3) is 24.4. The molecule has 0 spiro atoms. The second kappa shape index (κ2) is 28.8. The number of carbonyl (C=O) groups is 3. The Balaban J connectivity index is 0.000000355. The summed E-state index contributed by atoms with van der Waals surface area (Å²) in [6.07, 6.45) is 8.65. The summed E-state index contributed by atoms with van der Waals surface area (Å²) in [6, 6.07) is 22.3. The van der Waals surface area contributed by atoms with Crippen molar-refractivity contribution < 1.29 is 38.3 Å². The number of aliphatic hydroxyl groups is 1. The van der Waals surface area contributed by atoms with Crippen LogP contribution in [0.15, 0.2) is 84.9 Å². The smallest absolute Gasteiger partial charge is 0.410 e. The van der Waals surface area contributed by atoms with E-state index in [-0.39, 0.29) is 25.7 Å². The number of ether oxygens (including phenoxy) is 3. The first-order chi connectivity index (χ1) is 33.5. The van der Waals surface area contributed by atoms with Crippen LogP contribution in [0.1, 0.15) is 131 Å². The Labute approximate surface area is 448 Å². The average molecular weight is 1080 g/mol. The molecule has 3 aliphatic rings. The lowest BCUT2D eigenvalue weighted by Crippen LogP contribution is -2.38. The van der Waals surface area contributed by atoms with Crippen molar-refractivity contribution in [1.82, 2.24) is 14.7 Å². The van der Waals surface area contributed by atoms with Crippen LogP contribution < -0.4 is 0 Å². The number of hydrogen-bond donors (Lipinski definition) is 1. The number of hydrogen-bond acceptors (Lipinski definition) is 8. The van der Waals surface area contributed by atoms with Crippen molar-refractivity contribution in [2.45, 2.75) is 137 Å². The van der Waals surface area contributed by atoms with Gasteiger partial charge in [0.15, 0.2) is 17.1 Å². The summed E-state index contributed by atoms with van der Waals surface area (Å²) in [7, 11) is 0. The summed E-state index contributed by atoms with van der Waals surface area (Å²) < 4.78 is 25.8. The van der Waals surface area contributed by atoms with Gasteiger partial charge in [0.25, 0.3) is 0 Å². The molecule has 1 N–H and O–H groups in total. The van der Waals surface area contributed by atoms with Gasteiger partial charge in [-0.25, -0.2) is 28.9 Å². The van der Waals surface area contributed by atoms with Crippen molar-refractivity contribution in [1.29, 1.82) is 0 Å². The van der Waals surface area contributed by atoms with Crippen LogP contribution in [-0.4, -0.2) is 94.2 Å². The molecule has 1 saturated heterocycles. The van der Waals surface area contributed by atoms with Crippen LogP contribution in [0.3, 0.4) is 0 Å². The molecule has 0 bridgehead atoms. The average Bonchev–Trinajstić information content (AvgIpc) is 3.79. The minimum absolute atomic E-state index is 0. The van der Waals surface area contributed by atoms with E-state index in [9.17, 15) is 24.1 Å². The van der Waals surface area contributed by atoms with Gasteiger partial charge in [0.1, 0.15) is 16.8 Å². The van der Waals surface area contributed by atoms with Crippen LogP contribution in [0, 0.1) is 19.7 Å². The zero-order valence-corrected chi connectivity index (χ0v) is 46.0. The summed E-state index contributed by atoms with van der Waals surface area (Å²) in [6.45, 7) is 41.4. The Morgan fingerprint density at radius 1 is 0.562 bits per heavy atom. The van der Waals surface area contributed by atoms with Gasteiger partial charge in [-0.05, 0) is 169 Å². The molecule has 3 aromatic carbocycles. The number of nitrogens with zero attached hydrogens (tertiary/aromatic N) is 6. The molecule has 6 rings (SSSR count). The molecule has 0 radical (unpaired) electrons. The molecule has 3 aromatic rings. The van der Waals surface area contributed by atoms with E-state index in [4.69, 9.17) is 33.9 Å². The highest BCUT2D eigenvalue weighted by Crippen LogP contribution is 2.61. The Morgan fingerprint density at radius 3 is 1.37 bits per heavy atom. The van der Waals surface area contributed by atoms with Crippen molar-refractivity contribution in [2.24, 2.45) is 0 Å². The first kappa shape index (κ1) is 63.6. The predicted octanol–water partition coefficient (Wildman–Crippen LogP) is 16.6. The maximum absolute atomic E-state index is 12.2. The highest BCUT2D eigenvalue weighted by molar-refractivity contribution is 8.24. The Kier molecular flexibility index (Phi) is 25.1. The Hall–Kier alpha value is -5.52. The monoisotopic (exact) mass is 1080 g/mol. The lowest BCUT2D eigenvalue weighted by molar-refractivity contribution is 0.0127. The quantitative estimate of drug-likeness (QED) is 0.155. The molecule has 1 unspecified atom stereocenters. The first-order valence-electron chi connectivity index (χ1n) is 23.7. The molecule has 0 aromatic heterocycles. The van der Waals surface area contributed by atoms with Crippen LogP contribution in [0.4, 0.5) is 31.4 Å². The largest absolute Gasteiger partial charge is 0.444 e. The third-order valence-electron chi connectivity index (χ3n) is 10.9. The number of halogens is 3. The fourth-order valence-electron chi connectivity index (χ4n) is 7.53. The Bertz CT molecular complexity index is 2520. The minimum Gasteiger partial charge on any atom is -0.444 e. The number of likely N-dealkylation sites (tertiary alicyclic amines) is 1. The number of carbonyl (C=O) groups excluding carboxylic acids is 3. The molecule has 1 atom stereocenters. The lowest BCUT2D eigenvalue weighted by Gasteiger charge is -2.28. The molecule has 0 saturated carbocycles. The van der Waals surface area contributed by atoms with Gasteiger partial charge in [-0.2, -0.15) is 0 Å². The Morgan fingerprint density at radius 2 is 0.945 bits per heavy atom. The molecule has 3 amide bonds. The van der Waals surface area contributed by atoms with Crippen LogP contribution in [0.25, 0.3) is 25.7 Å². The van der Waals surface area contributed by atoms with Crippen molar-refractivity contribution in [3.8, 4) is 0 Å². The number of benzene rings is 3. The summed E-state index contributed by atoms with van der Waals surface area (Å²) in [5, 5.41) is 7.74. The molecule has 3 heterocycles. The van der Waals surface area contributed by atoms with Crippen LogP contribution in [0.2, 0.25) is 0 Å². The van der Waals surface area contributed by atoms with Crippen LogP contribution in [0.5, 0.6) is 0 Å². The summed E-state index contributed by atoms with van der Waals surface area (Å²) >= 11 is 13.8. The van der Waals surface area contributed by atoms with E-state index in [1.54, 1.807) is 39.0 Å². The maximum atomic E-state index is 12.2. The van der Waals surface area contributed by atoms with Gasteiger partial charge in [0, 0.05) is 39.3 Å². The van der Waals surface area contributed by atoms with Gasteiger partial charge >= 0.3 is 23.5 Å². The van der Waals surface area contributed by atoms with Gasteiger partial charge in [0.05, 0.1) is 25.3 Å². The van der Waals surface area contributed by atoms with Crippen LogP contribution >= 0.6 is 38.9 Å². The molecular formula is C55H72Cl3N6O8P. The molecule has 1 fully saturated rings. The van der Waals surface area contributed by atoms with Crippen molar-refractivity contribution >= 4 is 85.4 Å². The van der Waals surface area contributed by atoms with Gasteiger partial charge in [-0.1, -0.05) is 92.4 Å². The fraction of sp³-hybridized carbons (Fsp3) is 0.491. The minimum atomic E-state index is -3.22. The summed E-state index contributed by atoms with van der Waals surface area (Å²) in [5.74, 6) is 0. The number of rotatable bonds is 3. The molecular weight excluding hydrogens is 1010 g/mol. The zero-order valence-electron chi connectivity index (χ0n) is 42.8. The second-order valence-electron chi connectivity index (χ2n) is 20.2. The summed E-state index contributed by atoms with van der Waals surface area (Å²) in [4.78, 5) is 51.8. The van der Waals surface area contributed by atoms with Crippen LogP contribution in [-0.2, 0) is 24.4 Å². The van der Waals surface area contributed by atoms with E-state index in [0.29, 0.717) is 75.6 Å². The highest BCUT2D eigenvalue weighted by Gasteiger charge is 2.34. The standard InChI is InChI=1S/C18H24N2O3.2C18H22N2O2.CH4.Cl3OP/c1-17(2,3)23-16(21)20-12-5-10-18(22,11-13-20)14-6-8-15(19-4)9-7-14;2*1-18(2,3)22-17(21)20-12-5-6-14(11-13-20)15-7-9-16(19-4)10-8-15;;1-5(2,3)4/h6-9,22H,5,10-13H2,1-3H3;7-11H,5-6,12-13H2,1-3H3;6-10H,5,11-13H2,1-3H3;1H4;. The predicted molar refractivity (Wildman–Crippen MR) is 296 cm³/mol. The van der Waals surface area contributed by atoms with Gasteiger partial charge in [-0.3, -0.25) is 4.57 Å². The van der Waals surface area contributed by atoms with Gasteiger partial charge in [0.2, 0.25) is 0 Å². The molecule has 3 aliphatic heterocycles. The maximum Gasteiger partial charge on any atom is 0.410 e. The van der Waals surface area contributed by atoms with E-state index in [1.165, 1.54) is 11.1 Å². The number of allylic oxidation sites excluding steroid dienone is 1. The van der Waals surface area contributed by atoms with Gasteiger partial charge < -0.3 is 34.0 Å². The fourth-order valence-corrected chi connectivity index (χ4v) is 7.53. The van der Waals surface area contributed by atoms with Crippen molar-refractivity contribution in [2.75, 3.05) is 39.3 Å². The van der Waals surface area contributed by atoms with E-state index < -0.39 is 27.6 Å². The number of amides is 3. The van der Waals surface area contributed by atoms with E-state index in [1.807, 2.05) is 111 Å². The van der Waals surface area contributed by atoms with Crippen molar-refractivity contribution in [3.63, 3.8) is 0 Å². The highest BCUT2D eigenvalue weighted by atomic mass is 36.0. The zero-order chi connectivity index (χ0) is 53.9. The lowest BCUT2D eigenvalue weighted by atomic mass is 9.87. The van der Waals surface area contributed by atoms with E-state index in [2.05, 4.69) is 60.4 Å².